The summed E-state index contributed by atoms with van der Waals surface area (Å²) in [4.78, 5) is 31.6. The van der Waals surface area contributed by atoms with Gasteiger partial charge in [-0.15, -0.1) is 0 Å². The second kappa shape index (κ2) is 9.61. The van der Waals surface area contributed by atoms with E-state index < -0.39 is 5.82 Å². The van der Waals surface area contributed by atoms with E-state index in [1.165, 1.54) is 19.0 Å². The van der Waals surface area contributed by atoms with Gasteiger partial charge in [-0.25, -0.2) is 9.37 Å². The Kier molecular flexibility index (Phi) is 6.12. The Balaban J connectivity index is 1.32. The summed E-state index contributed by atoms with van der Waals surface area (Å²) in [6, 6.07) is 12.8. The molecule has 1 aliphatic heterocycles. The lowest BCUT2D eigenvalue weighted by Gasteiger charge is -2.35. The van der Waals surface area contributed by atoms with Gasteiger partial charge in [0.25, 0.3) is 5.91 Å². The van der Waals surface area contributed by atoms with Gasteiger partial charge >= 0.3 is 0 Å². The highest BCUT2D eigenvalue weighted by atomic mass is 19.1. The SMILES string of the molecule is CC(C)(CNC(=O)c1ccc(-c2c(F)cnc3[nH]c4cnc(-c5cccnc5)cc4c23)cc1)N1CCCC1. The van der Waals surface area contributed by atoms with Crippen LogP contribution in [0, 0.1) is 5.82 Å². The highest BCUT2D eigenvalue weighted by Crippen LogP contribution is 2.36. The molecule has 4 aromatic heterocycles. The van der Waals surface area contributed by atoms with Gasteiger partial charge in [0, 0.05) is 51.9 Å². The minimum atomic E-state index is -0.428. The number of nitrogens with zero attached hydrogens (tertiary/aromatic N) is 4. The molecule has 5 aromatic rings. The molecule has 5 heterocycles. The minimum Gasteiger partial charge on any atom is -0.350 e. The van der Waals surface area contributed by atoms with Crippen LogP contribution in [0.2, 0.25) is 0 Å². The van der Waals surface area contributed by atoms with Crippen LogP contribution in [0.5, 0.6) is 0 Å². The molecule has 1 saturated heterocycles. The van der Waals surface area contributed by atoms with Crippen molar-refractivity contribution >= 4 is 27.8 Å². The van der Waals surface area contributed by atoms with Gasteiger partial charge in [0.15, 0.2) is 0 Å². The van der Waals surface area contributed by atoms with Gasteiger partial charge in [-0.05, 0) is 75.7 Å². The fraction of sp³-hybridized carbons (Fsp3) is 0.267. The third-order valence-electron chi connectivity index (χ3n) is 7.50. The number of carbonyl (C=O) groups is 1. The molecule has 7 nitrogen and oxygen atoms in total. The summed E-state index contributed by atoms with van der Waals surface area (Å²) < 4.78 is 15.3. The van der Waals surface area contributed by atoms with E-state index in [4.69, 9.17) is 0 Å². The Morgan fingerprint density at radius 1 is 1.05 bits per heavy atom. The number of aromatic nitrogens is 4. The third kappa shape index (κ3) is 4.41. The van der Waals surface area contributed by atoms with Crippen molar-refractivity contribution in [1.29, 1.82) is 0 Å². The number of fused-ring (bicyclic) bond motifs is 3. The number of pyridine rings is 3. The molecule has 1 amide bonds. The quantitative estimate of drug-likeness (QED) is 0.313. The Bertz CT molecular complexity index is 1620. The molecule has 1 fully saturated rings. The number of carbonyl (C=O) groups excluding carboxylic acids is 1. The van der Waals surface area contributed by atoms with E-state index in [0.29, 0.717) is 34.3 Å². The number of hydrogen-bond acceptors (Lipinski definition) is 5. The molecular formula is C30H29FN6O. The lowest BCUT2D eigenvalue weighted by molar-refractivity contribution is 0.0902. The van der Waals surface area contributed by atoms with Crippen molar-refractivity contribution in [3.63, 3.8) is 0 Å². The second-order valence-electron chi connectivity index (χ2n) is 10.5. The zero-order chi connectivity index (χ0) is 26.3. The molecule has 1 aliphatic rings. The molecule has 2 N–H and O–H groups in total. The number of H-pyrrole nitrogens is 1. The smallest absolute Gasteiger partial charge is 0.251 e. The van der Waals surface area contributed by atoms with Gasteiger partial charge in [0.05, 0.1) is 23.6 Å². The predicted molar refractivity (Wildman–Crippen MR) is 147 cm³/mol. The molecule has 0 bridgehead atoms. The number of hydrogen-bond donors (Lipinski definition) is 2. The highest BCUT2D eigenvalue weighted by Gasteiger charge is 2.29. The summed E-state index contributed by atoms with van der Waals surface area (Å²) in [5.41, 5.74) is 4.51. The minimum absolute atomic E-state index is 0.100. The molecule has 0 aliphatic carbocycles. The number of benzene rings is 1. The Morgan fingerprint density at radius 2 is 1.84 bits per heavy atom. The third-order valence-corrected chi connectivity index (χ3v) is 7.50. The molecule has 8 heteroatoms. The average Bonchev–Trinajstić information content (AvgIpc) is 3.61. The van der Waals surface area contributed by atoms with Crippen molar-refractivity contribution in [3.8, 4) is 22.4 Å². The standard InChI is InChI=1S/C30H29FN6O/c1-30(2,37-12-3-4-13-37)18-35-29(38)20-9-7-19(8-10-20)26-23(31)16-34-28-27(26)22-14-24(33-17-25(22)36-28)21-6-5-11-32-15-21/h5-11,14-17H,3-4,12-13,18H2,1-2H3,(H,34,36)(H,35,38). The van der Waals surface area contributed by atoms with E-state index in [9.17, 15) is 4.79 Å². The van der Waals surface area contributed by atoms with Crippen LogP contribution >= 0.6 is 0 Å². The lowest BCUT2D eigenvalue weighted by atomic mass is 9.99. The van der Waals surface area contributed by atoms with Gasteiger partial charge in [-0.2, -0.15) is 0 Å². The van der Waals surface area contributed by atoms with Crippen molar-refractivity contribution in [2.75, 3.05) is 19.6 Å². The predicted octanol–water partition coefficient (Wildman–Crippen LogP) is 5.58. The first kappa shape index (κ1) is 24.2. The molecular weight excluding hydrogens is 479 g/mol. The van der Waals surface area contributed by atoms with E-state index in [1.807, 2.05) is 18.2 Å². The number of amides is 1. The molecule has 0 saturated carbocycles. The van der Waals surface area contributed by atoms with Crippen LogP contribution in [-0.2, 0) is 0 Å². The molecule has 192 valence electrons. The maximum atomic E-state index is 15.3. The number of likely N-dealkylation sites (tertiary alicyclic amines) is 1. The summed E-state index contributed by atoms with van der Waals surface area (Å²) in [5.74, 6) is -0.564. The monoisotopic (exact) mass is 508 g/mol. The molecule has 38 heavy (non-hydrogen) atoms. The number of rotatable bonds is 6. The van der Waals surface area contributed by atoms with E-state index in [2.05, 4.69) is 44.0 Å². The van der Waals surface area contributed by atoms with Gasteiger partial charge in [0.2, 0.25) is 0 Å². The number of nitrogens with one attached hydrogen (secondary N) is 2. The first-order valence-electron chi connectivity index (χ1n) is 12.9. The van der Waals surface area contributed by atoms with Crippen LogP contribution in [0.4, 0.5) is 4.39 Å². The largest absolute Gasteiger partial charge is 0.350 e. The van der Waals surface area contributed by atoms with Crippen molar-refractivity contribution in [2.24, 2.45) is 0 Å². The van der Waals surface area contributed by atoms with Gasteiger partial charge < -0.3 is 10.3 Å². The topological polar surface area (TPSA) is 86.8 Å². The molecule has 0 radical (unpaired) electrons. The van der Waals surface area contributed by atoms with Crippen LogP contribution in [0.1, 0.15) is 37.0 Å². The Labute approximate surface area is 220 Å². The maximum absolute atomic E-state index is 15.3. The van der Waals surface area contributed by atoms with Gasteiger partial charge in [-0.1, -0.05) is 12.1 Å². The first-order valence-corrected chi connectivity index (χ1v) is 12.9. The number of aromatic amines is 1. The summed E-state index contributed by atoms with van der Waals surface area (Å²) in [7, 11) is 0. The van der Waals surface area contributed by atoms with Crippen LogP contribution in [0.25, 0.3) is 44.3 Å². The van der Waals surface area contributed by atoms with Crippen molar-refractivity contribution in [3.05, 3.63) is 78.6 Å². The van der Waals surface area contributed by atoms with Crippen molar-refractivity contribution < 1.29 is 9.18 Å². The van der Waals surface area contributed by atoms with Crippen molar-refractivity contribution in [2.45, 2.75) is 32.2 Å². The first-order chi connectivity index (χ1) is 18.4. The maximum Gasteiger partial charge on any atom is 0.251 e. The summed E-state index contributed by atoms with van der Waals surface area (Å²) >= 11 is 0. The van der Waals surface area contributed by atoms with Crippen LogP contribution in [0.3, 0.4) is 0 Å². The Morgan fingerprint density at radius 3 is 2.58 bits per heavy atom. The van der Waals surface area contributed by atoms with E-state index >= 15 is 4.39 Å². The molecule has 0 unspecified atom stereocenters. The zero-order valence-electron chi connectivity index (χ0n) is 21.5. The summed E-state index contributed by atoms with van der Waals surface area (Å²) in [6.45, 7) is 7.02. The van der Waals surface area contributed by atoms with Crippen LogP contribution < -0.4 is 5.32 Å². The molecule has 0 spiro atoms. The lowest BCUT2D eigenvalue weighted by Crippen LogP contribution is -2.50. The number of halogens is 1. The van der Waals surface area contributed by atoms with E-state index in [-0.39, 0.29) is 11.4 Å². The van der Waals surface area contributed by atoms with Crippen LogP contribution in [0.15, 0.2) is 67.3 Å². The molecule has 0 atom stereocenters. The van der Waals surface area contributed by atoms with E-state index in [1.54, 1.807) is 42.9 Å². The summed E-state index contributed by atoms with van der Waals surface area (Å²) in [5, 5.41) is 4.58. The second-order valence-corrected chi connectivity index (χ2v) is 10.5. The zero-order valence-corrected chi connectivity index (χ0v) is 21.5. The van der Waals surface area contributed by atoms with Gasteiger partial charge in [-0.3, -0.25) is 19.7 Å². The average molecular weight is 509 g/mol. The Hall–Kier alpha value is -4.17. The molecule has 6 rings (SSSR count). The van der Waals surface area contributed by atoms with Crippen molar-refractivity contribution in [1.82, 2.24) is 30.2 Å². The fourth-order valence-electron chi connectivity index (χ4n) is 5.31. The van der Waals surface area contributed by atoms with E-state index in [0.717, 1.165) is 35.2 Å². The van der Waals surface area contributed by atoms with Crippen LogP contribution in [-0.4, -0.2) is 55.9 Å². The fourth-order valence-corrected chi connectivity index (χ4v) is 5.31. The molecule has 1 aromatic carbocycles. The normalized spacial score (nSPS) is 14.4. The highest BCUT2D eigenvalue weighted by molar-refractivity contribution is 6.13. The van der Waals surface area contributed by atoms with Gasteiger partial charge in [0.1, 0.15) is 11.5 Å². The summed E-state index contributed by atoms with van der Waals surface area (Å²) in [6.07, 6.45) is 8.83.